The van der Waals surface area contributed by atoms with Crippen LogP contribution in [0.5, 0.6) is 5.75 Å². The highest BCUT2D eigenvalue weighted by molar-refractivity contribution is 5.84. The molecule has 0 aliphatic carbocycles. The van der Waals surface area contributed by atoms with Crippen LogP contribution in [0.3, 0.4) is 0 Å². The first-order valence-corrected chi connectivity index (χ1v) is 6.79. The van der Waals surface area contributed by atoms with Gasteiger partial charge in [0.1, 0.15) is 11.8 Å². The number of benzene rings is 1. The maximum atomic E-state index is 12.1. The summed E-state index contributed by atoms with van der Waals surface area (Å²) >= 11 is 0. The average Bonchev–Trinajstić information content (AvgIpc) is 2.46. The van der Waals surface area contributed by atoms with Crippen LogP contribution in [0, 0.1) is 6.92 Å². The number of likely N-dealkylation sites (tertiary alicyclic amines) is 1. The molecule has 1 fully saturated rings. The van der Waals surface area contributed by atoms with Gasteiger partial charge < -0.3 is 14.7 Å². The van der Waals surface area contributed by atoms with E-state index in [9.17, 15) is 9.59 Å². The van der Waals surface area contributed by atoms with E-state index in [1.807, 2.05) is 19.1 Å². The molecule has 1 aromatic rings. The Morgan fingerprint density at radius 3 is 2.65 bits per heavy atom. The zero-order valence-corrected chi connectivity index (χ0v) is 11.5. The van der Waals surface area contributed by atoms with Crippen molar-refractivity contribution in [2.24, 2.45) is 0 Å². The van der Waals surface area contributed by atoms with Gasteiger partial charge in [-0.1, -0.05) is 17.7 Å². The second kappa shape index (κ2) is 6.41. The van der Waals surface area contributed by atoms with Crippen LogP contribution in [0.1, 0.15) is 24.8 Å². The van der Waals surface area contributed by atoms with Crippen LogP contribution in [0.2, 0.25) is 0 Å². The van der Waals surface area contributed by atoms with Gasteiger partial charge in [-0.2, -0.15) is 0 Å². The summed E-state index contributed by atoms with van der Waals surface area (Å²) in [6, 6.07) is 6.69. The summed E-state index contributed by atoms with van der Waals surface area (Å²) in [5, 5.41) is 9.14. The fourth-order valence-electron chi connectivity index (χ4n) is 2.35. The summed E-state index contributed by atoms with van der Waals surface area (Å²) in [6.07, 6.45) is 2.21. The largest absolute Gasteiger partial charge is 0.484 e. The SMILES string of the molecule is Cc1ccc(OCC(=O)N2CCCC[C@@H]2C(=O)O)cc1. The Balaban J connectivity index is 1.93. The summed E-state index contributed by atoms with van der Waals surface area (Å²) in [5.74, 6) is -0.584. The first-order valence-electron chi connectivity index (χ1n) is 6.79. The normalized spacial score (nSPS) is 18.6. The highest BCUT2D eigenvalue weighted by Gasteiger charge is 2.31. The molecule has 20 heavy (non-hydrogen) atoms. The summed E-state index contributed by atoms with van der Waals surface area (Å²) in [7, 11) is 0. The molecule has 2 rings (SSSR count). The van der Waals surface area contributed by atoms with Crippen LogP contribution in [0.4, 0.5) is 0 Å². The number of amides is 1. The van der Waals surface area contributed by atoms with Crippen molar-refractivity contribution in [2.75, 3.05) is 13.2 Å². The molecule has 1 aliphatic rings. The summed E-state index contributed by atoms with van der Waals surface area (Å²) in [6.45, 7) is 2.35. The number of hydrogen-bond donors (Lipinski definition) is 1. The fourth-order valence-corrected chi connectivity index (χ4v) is 2.35. The highest BCUT2D eigenvalue weighted by Crippen LogP contribution is 2.18. The van der Waals surface area contributed by atoms with Crippen molar-refractivity contribution in [1.29, 1.82) is 0 Å². The lowest BCUT2D eigenvalue weighted by Crippen LogP contribution is -2.49. The number of hydrogen-bond acceptors (Lipinski definition) is 3. The molecule has 1 amide bonds. The van der Waals surface area contributed by atoms with Crippen molar-refractivity contribution < 1.29 is 19.4 Å². The molecular weight excluding hydrogens is 258 g/mol. The Labute approximate surface area is 118 Å². The van der Waals surface area contributed by atoms with Gasteiger partial charge in [0.25, 0.3) is 5.91 Å². The van der Waals surface area contributed by atoms with Gasteiger partial charge in [-0.25, -0.2) is 4.79 Å². The number of ether oxygens (including phenoxy) is 1. The summed E-state index contributed by atoms with van der Waals surface area (Å²) < 4.78 is 5.42. The van der Waals surface area contributed by atoms with E-state index < -0.39 is 12.0 Å². The molecule has 1 N–H and O–H groups in total. The van der Waals surface area contributed by atoms with Gasteiger partial charge >= 0.3 is 5.97 Å². The topological polar surface area (TPSA) is 66.8 Å². The molecule has 1 aliphatic heterocycles. The number of nitrogens with zero attached hydrogens (tertiary/aromatic N) is 1. The predicted molar refractivity (Wildman–Crippen MR) is 73.7 cm³/mol. The van der Waals surface area contributed by atoms with Crippen molar-refractivity contribution in [3.63, 3.8) is 0 Å². The second-order valence-electron chi connectivity index (χ2n) is 5.04. The number of carbonyl (C=O) groups is 2. The number of piperidine rings is 1. The number of aliphatic carboxylic acids is 1. The average molecular weight is 277 g/mol. The van der Waals surface area contributed by atoms with E-state index in [2.05, 4.69) is 0 Å². The number of rotatable bonds is 4. The first-order chi connectivity index (χ1) is 9.58. The lowest BCUT2D eigenvalue weighted by atomic mass is 10.0. The third-order valence-electron chi connectivity index (χ3n) is 3.49. The molecule has 0 spiro atoms. The third-order valence-corrected chi connectivity index (χ3v) is 3.49. The van der Waals surface area contributed by atoms with Crippen molar-refractivity contribution in [3.8, 4) is 5.75 Å². The van der Waals surface area contributed by atoms with Crippen LogP contribution in [0.25, 0.3) is 0 Å². The second-order valence-corrected chi connectivity index (χ2v) is 5.04. The van der Waals surface area contributed by atoms with Gasteiger partial charge in [0, 0.05) is 6.54 Å². The van der Waals surface area contributed by atoms with Gasteiger partial charge in [-0.05, 0) is 38.3 Å². The molecule has 5 heteroatoms. The lowest BCUT2D eigenvalue weighted by molar-refractivity contribution is -0.152. The van der Waals surface area contributed by atoms with Crippen LogP contribution >= 0.6 is 0 Å². The Hall–Kier alpha value is -2.04. The quantitative estimate of drug-likeness (QED) is 0.912. The zero-order valence-electron chi connectivity index (χ0n) is 11.5. The Kier molecular flexibility index (Phi) is 4.61. The minimum atomic E-state index is -0.937. The maximum absolute atomic E-state index is 12.1. The molecule has 1 heterocycles. The molecule has 1 aromatic carbocycles. The number of carbonyl (C=O) groups excluding carboxylic acids is 1. The maximum Gasteiger partial charge on any atom is 0.326 e. The molecule has 0 bridgehead atoms. The van der Waals surface area contributed by atoms with Crippen LogP contribution in [-0.2, 0) is 9.59 Å². The Morgan fingerprint density at radius 2 is 2.00 bits per heavy atom. The highest BCUT2D eigenvalue weighted by atomic mass is 16.5. The fraction of sp³-hybridized carbons (Fsp3) is 0.467. The van der Waals surface area contributed by atoms with Gasteiger partial charge in [-0.3, -0.25) is 4.79 Å². The van der Waals surface area contributed by atoms with E-state index >= 15 is 0 Å². The number of carboxylic acids is 1. The van der Waals surface area contributed by atoms with Crippen LogP contribution in [0.15, 0.2) is 24.3 Å². The van der Waals surface area contributed by atoms with E-state index in [1.165, 1.54) is 4.90 Å². The van der Waals surface area contributed by atoms with Crippen molar-refractivity contribution >= 4 is 11.9 Å². The summed E-state index contributed by atoms with van der Waals surface area (Å²) in [5.41, 5.74) is 1.12. The molecule has 1 atom stereocenters. The molecule has 5 nitrogen and oxygen atoms in total. The van der Waals surface area contributed by atoms with E-state index in [-0.39, 0.29) is 12.5 Å². The minimum Gasteiger partial charge on any atom is -0.484 e. The summed E-state index contributed by atoms with van der Waals surface area (Å²) in [4.78, 5) is 24.7. The molecule has 1 saturated heterocycles. The Bertz CT molecular complexity index is 483. The molecular formula is C15H19NO4. The Morgan fingerprint density at radius 1 is 1.30 bits per heavy atom. The smallest absolute Gasteiger partial charge is 0.326 e. The monoisotopic (exact) mass is 277 g/mol. The van der Waals surface area contributed by atoms with Crippen molar-refractivity contribution in [2.45, 2.75) is 32.2 Å². The van der Waals surface area contributed by atoms with Gasteiger partial charge in [0.15, 0.2) is 6.61 Å². The van der Waals surface area contributed by atoms with E-state index in [0.29, 0.717) is 18.7 Å². The standard InChI is InChI=1S/C15H19NO4/c1-11-5-7-12(8-6-11)20-10-14(17)16-9-3-2-4-13(16)15(18)19/h5-8,13H,2-4,9-10H2,1H3,(H,18,19)/t13-/m1/s1. The predicted octanol–water partition coefficient (Wildman–Crippen LogP) is 1.84. The van der Waals surface area contributed by atoms with E-state index in [1.54, 1.807) is 12.1 Å². The van der Waals surface area contributed by atoms with Crippen LogP contribution < -0.4 is 4.74 Å². The van der Waals surface area contributed by atoms with Gasteiger partial charge in [0.05, 0.1) is 0 Å². The van der Waals surface area contributed by atoms with E-state index in [4.69, 9.17) is 9.84 Å². The molecule has 108 valence electrons. The zero-order chi connectivity index (χ0) is 14.5. The van der Waals surface area contributed by atoms with E-state index in [0.717, 1.165) is 18.4 Å². The third kappa shape index (κ3) is 3.50. The van der Waals surface area contributed by atoms with Gasteiger partial charge in [-0.15, -0.1) is 0 Å². The molecule has 0 unspecified atom stereocenters. The molecule has 0 saturated carbocycles. The minimum absolute atomic E-state index is 0.118. The number of aryl methyl sites for hydroxylation is 1. The van der Waals surface area contributed by atoms with Crippen molar-refractivity contribution in [1.82, 2.24) is 4.90 Å². The first kappa shape index (κ1) is 14.4. The molecule has 0 aromatic heterocycles. The van der Waals surface area contributed by atoms with Crippen LogP contribution in [-0.4, -0.2) is 41.1 Å². The molecule has 0 radical (unpaired) electrons. The number of carboxylic acid groups (broad SMARTS) is 1. The van der Waals surface area contributed by atoms with Gasteiger partial charge in [0.2, 0.25) is 0 Å². The van der Waals surface area contributed by atoms with Crippen molar-refractivity contribution in [3.05, 3.63) is 29.8 Å². The lowest BCUT2D eigenvalue weighted by Gasteiger charge is -2.32.